The van der Waals surface area contributed by atoms with Crippen LogP contribution < -0.4 is 4.74 Å². The Morgan fingerprint density at radius 1 is 1.25 bits per heavy atom. The SMILES string of the molecule is Cc1cc(OC2C=CCCC2)cc(C)c1Br. The minimum absolute atomic E-state index is 0.258. The third-order valence-electron chi connectivity index (χ3n) is 2.91. The molecular formula is C14H17BrO. The van der Waals surface area contributed by atoms with Crippen LogP contribution in [-0.4, -0.2) is 6.10 Å². The maximum Gasteiger partial charge on any atom is 0.120 e. The van der Waals surface area contributed by atoms with E-state index < -0.39 is 0 Å². The van der Waals surface area contributed by atoms with Crippen molar-refractivity contribution in [1.82, 2.24) is 0 Å². The van der Waals surface area contributed by atoms with Crippen molar-refractivity contribution in [1.29, 1.82) is 0 Å². The maximum absolute atomic E-state index is 5.96. The summed E-state index contributed by atoms with van der Waals surface area (Å²) in [4.78, 5) is 0. The van der Waals surface area contributed by atoms with Crippen molar-refractivity contribution < 1.29 is 4.74 Å². The lowest BCUT2D eigenvalue weighted by Gasteiger charge is -2.19. The fourth-order valence-corrected chi connectivity index (χ4v) is 2.26. The van der Waals surface area contributed by atoms with Crippen molar-refractivity contribution in [2.75, 3.05) is 0 Å². The molecule has 0 amide bonds. The van der Waals surface area contributed by atoms with Crippen LogP contribution in [0.4, 0.5) is 0 Å². The summed E-state index contributed by atoms with van der Waals surface area (Å²) in [5.74, 6) is 0.981. The van der Waals surface area contributed by atoms with Crippen molar-refractivity contribution in [2.24, 2.45) is 0 Å². The minimum atomic E-state index is 0.258. The number of aryl methyl sites for hydroxylation is 2. The molecule has 1 nitrogen and oxygen atoms in total. The number of halogens is 1. The van der Waals surface area contributed by atoms with Crippen molar-refractivity contribution in [3.63, 3.8) is 0 Å². The van der Waals surface area contributed by atoms with Crippen LogP contribution in [0.5, 0.6) is 5.75 Å². The smallest absolute Gasteiger partial charge is 0.120 e. The summed E-state index contributed by atoms with van der Waals surface area (Å²) in [7, 11) is 0. The fourth-order valence-electron chi connectivity index (χ4n) is 2.03. The van der Waals surface area contributed by atoms with Crippen LogP contribution >= 0.6 is 15.9 Å². The normalized spacial score (nSPS) is 19.8. The van der Waals surface area contributed by atoms with E-state index in [1.807, 2.05) is 0 Å². The van der Waals surface area contributed by atoms with Crippen LogP contribution in [0.1, 0.15) is 30.4 Å². The summed E-state index contributed by atoms with van der Waals surface area (Å²) in [6.07, 6.45) is 8.20. The van der Waals surface area contributed by atoms with Crippen LogP contribution in [0, 0.1) is 13.8 Å². The Labute approximate surface area is 106 Å². The number of hydrogen-bond donors (Lipinski definition) is 0. The lowest BCUT2D eigenvalue weighted by molar-refractivity contribution is 0.229. The molecule has 0 aromatic heterocycles. The Hall–Kier alpha value is -0.760. The molecule has 0 saturated carbocycles. The standard InChI is InChI=1S/C14H17BrO/c1-10-8-13(9-11(2)14(10)15)16-12-6-4-3-5-7-12/h4,6,8-9,12H,3,5,7H2,1-2H3. The molecule has 0 saturated heterocycles. The average molecular weight is 281 g/mol. The Bertz CT molecular complexity index is 386. The lowest BCUT2D eigenvalue weighted by Crippen LogP contribution is -2.15. The fraction of sp³-hybridized carbons (Fsp3) is 0.429. The van der Waals surface area contributed by atoms with Gasteiger partial charge in [-0.25, -0.2) is 0 Å². The Morgan fingerprint density at radius 2 is 1.94 bits per heavy atom. The molecule has 86 valence electrons. The monoisotopic (exact) mass is 280 g/mol. The molecule has 0 aliphatic heterocycles. The molecule has 0 N–H and O–H groups in total. The van der Waals surface area contributed by atoms with Crippen molar-refractivity contribution in [3.05, 3.63) is 39.9 Å². The van der Waals surface area contributed by atoms with E-state index in [1.165, 1.54) is 28.4 Å². The largest absolute Gasteiger partial charge is 0.486 e. The molecule has 0 bridgehead atoms. The van der Waals surface area contributed by atoms with Gasteiger partial charge in [-0.05, 0) is 62.4 Å². The second kappa shape index (κ2) is 5.05. The van der Waals surface area contributed by atoms with Gasteiger partial charge in [0.15, 0.2) is 0 Å². The van der Waals surface area contributed by atoms with Gasteiger partial charge in [-0.2, -0.15) is 0 Å². The van der Waals surface area contributed by atoms with Crippen LogP contribution in [0.15, 0.2) is 28.8 Å². The molecule has 1 atom stereocenters. The first-order chi connectivity index (χ1) is 7.66. The van der Waals surface area contributed by atoms with Gasteiger partial charge in [0.2, 0.25) is 0 Å². The van der Waals surface area contributed by atoms with Crippen LogP contribution in [0.25, 0.3) is 0 Å². The highest BCUT2D eigenvalue weighted by Gasteiger charge is 2.11. The summed E-state index contributed by atoms with van der Waals surface area (Å²) in [5, 5.41) is 0. The summed E-state index contributed by atoms with van der Waals surface area (Å²) in [5.41, 5.74) is 2.46. The molecule has 2 heteroatoms. The van der Waals surface area contributed by atoms with Crippen LogP contribution in [0.3, 0.4) is 0 Å². The topological polar surface area (TPSA) is 9.23 Å². The molecule has 1 aliphatic rings. The predicted molar refractivity (Wildman–Crippen MR) is 71.0 cm³/mol. The summed E-state index contributed by atoms with van der Waals surface area (Å²) in [6.45, 7) is 4.20. The lowest BCUT2D eigenvalue weighted by atomic mass is 10.1. The number of hydrogen-bond acceptors (Lipinski definition) is 1. The van der Waals surface area contributed by atoms with Crippen molar-refractivity contribution in [2.45, 2.75) is 39.2 Å². The van der Waals surface area contributed by atoms with E-state index in [4.69, 9.17) is 4.74 Å². The Kier molecular flexibility index (Phi) is 3.70. The molecular weight excluding hydrogens is 264 g/mol. The Balaban J connectivity index is 2.15. The van der Waals surface area contributed by atoms with Crippen molar-refractivity contribution >= 4 is 15.9 Å². The predicted octanol–water partition coefficient (Wildman–Crippen LogP) is 4.55. The molecule has 16 heavy (non-hydrogen) atoms. The zero-order chi connectivity index (χ0) is 11.5. The van der Waals surface area contributed by atoms with Crippen LogP contribution in [-0.2, 0) is 0 Å². The van der Waals surface area contributed by atoms with Gasteiger partial charge in [0, 0.05) is 4.47 Å². The van der Waals surface area contributed by atoms with Gasteiger partial charge in [-0.1, -0.05) is 22.0 Å². The van der Waals surface area contributed by atoms with Gasteiger partial charge in [-0.15, -0.1) is 0 Å². The quantitative estimate of drug-likeness (QED) is 0.722. The number of ether oxygens (including phenoxy) is 1. The molecule has 0 radical (unpaired) electrons. The van der Waals surface area contributed by atoms with E-state index in [0.29, 0.717) is 0 Å². The molecule has 0 heterocycles. The highest BCUT2D eigenvalue weighted by molar-refractivity contribution is 9.10. The van der Waals surface area contributed by atoms with Gasteiger partial charge in [0.1, 0.15) is 11.9 Å². The van der Waals surface area contributed by atoms with Crippen molar-refractivity contribution in [3.8, 4) is 5.75 Å². The second-order valence-corrected chi connectivity index (χ2v) is 5.18. The molecule has 0 spiro atoms. The number of benzene rings is 1. The molecule has 1 aromatic carbocycles. The van der Waals surface area contributed by atoms with Gasteiger partial charge in [0.05, 0.1) is 0 Å². The number of rotatable bonds is 2. The maximum atomic E-state index is 5.96. The van der Waals surface area contributed by atoms with Gasteiger partial charge in [0.25, 0.3) is 0 Å². The third kappa shape index (κ3) is 2.67. The first kappa shape index (κ1) is 11.7. The first-order valence-corrected chi connectivity index (χ1v) is 6.56. The van der Waals surface area contributed by atoms with Crippen LogP contribution in [0.2, 0.25) is 0 Å². The highest BCUT2D eigenvalue weighted by Crippen LogP contribution is 2.28. The van der Waals surface area contributed by atoms with E-state index >= 15 is 0 Å². The molecule has 1 aromatic rings. The van der Waals surface area contributed by atoms with Gasteiger partial charge < -0.3 is 4.74 Å². The molecule has 0 fully saturated rings. The van der Waals surface area contributed by atoms with E-state index in [2.05, 4.69) is 54.1 Å². The third-order valence-corrected chi connectivity index (χ3v) is 4.16. The highest BCUT2D eigenvalue weighted by atomic mass is 79.9. The number of allylic oxidation sites excluding steroid dienone is 1. The molecule has 2 rings (SSSR count). The summed E-state index contributed by atoms with van der Waals surface area (Å²) >= 11 is 3.57. The summed E-state index contributed by atoms with van der Waals surface area (Å²) in [6, 6.07) is 4.19. The van der Waals surface area contributed by atoms with Gasteiger partial charge >= 0.3 is 0 Å². The van der Waals surface area contributed by atoms with E-state index in [1.54, 1.807) is 0 Å². The summed E-state index contributed by atoms with van der Waals surface area (Å²) < 4.78 is 7.14. The zero-order valence-electron chi connectivity index (χ0n) is 9.79. The molecule has 1 aliphatic carbocycles. The van der Waals surface area contributed by atoms with E-state index in [0.717, 1.165) is 12.2 Å². The zero-order valence-corrected chi connectivity index (χ0v) is 11.4. The second-order valence-electron chi connectivity index (χ2n) is 4.39. The average Bonchev–Trinajstić information content (AvgIpc) is 2.27. The van der Waals surface area contributed by atoms with E-state index in [9.17, 15) is 0 Å². The minimum Gasteiger partial charge on any atom is -0.486 e. The Morgan fingerprint density at radius 3 is 2.50 bits per heavy atom. The molecule has 1 unspecified atom stereocenters. The first-order valence-electron chi connectivity index (χ1n) is 5.77. The van der Waals surface area contributed by atoms with E-state index in [-0.39, 0.29) is 6.10 Å². The van der Waals surface area contributed by atoms with Gasteiger partial charge in [-0.3, -0.25) is 0 Å².